The van der Waals surface area contributed by atoms with Gasteiger partial charge in [-0.1, -0.05) is 18.2 Å². The van der Waals surface area contributed by atoms with Crippen LogP contribution in [0.4, 0.5) is 32.0 Å². The lowest BCUT2D eigenvalue weighted by atomic mass is 10.1. The number of halogens is 6. The van der Waals surface area contributed by atoms with E-state index in [4.69, 9.17) is 0 Å². The fourth-order valence-corrected chi connectivity index (χ4v) is 2.20. The summed E-state index contributed by atoms with van der Waals surface area (Å²) in [7, 11) is 0. The Bertz CT molecular complexity index is 443. The highest BCUT2D eigenvalue weighted by molar-refractivity contribution is 5.52. The maximum Gasteiger partial charge on any atom is 0.423 e. The molecular formula is C13H13F6NO. The van der Waals surface area contributed by atoms with Crippen LogP contribution in [0.3, 0.4) is 0 Å². The van der Waals surface area contributed by atoms with Gasteiger partial charge in [-0.2, -0.15) is 26.3 Å². The Kier molecular flexibility index (Phi) is 4.36. The molecule has 8 heteroatoms. The highest BCUT2D eigenvalue weighted by atomic mass is 19.4. The molecule has 1 N–H and O–H groups in total. The molecule has 1 atom stereocenters. The van der Waals surface area contributed by atoms with Gasteiger partial charge in [0.1, 0.15) is 0 Å². The molecule has 0 aliphatic carbocycles. The van der Waals surface area contributed by atoms with Crippen LogP contribution >= 0.6 is 0 Å². The Hall–Kier alpha value is -1.44. The molecule has 0 spiro atoms. The van der Waals surface area contributed by atoms with Gasteiger partial charge in [-0.25, -0.2) is 0 Å². The number of nitrogens with one attached hydrogen (secondary N) is 1. The third kappa shape index (κ3) is 4.03. The maximum atomic E-state index is 12.5. The number of para-hydroxylation sites is 1. The maximum absolute atomic E-state index is 12.5. The van der Waals surface area contributed by atoms with Gasteiger partial charge in [-0.3, -0.25) is 0 Å². The van der Waals surface area contributed by atoms with Gasteiger partial charge in [0.05, 0.1) is 6.10 Å². The summed E-state index contributed by atoms with van der Waals surface area (Å²) in [6, 6.07) is 7.00. The molecule has 2 rings (SSSR count). The van der Waals surface area contributed by atoms with Crippen LogP contribution in [-0.2, 0) is 11.2 Å². The number of ether oxygens (including phenoxy) is 1. The van der Waals surface area contributed by atoms with Crippen molar-refractivity contribution in [2.24, 2.45) is 0 Å². The third-order valence-electron chi connectivity index (χ3n) is 3.20. The van der Waals surface area contributed by atoms with Crippen LogP contribution in [0.2, 0.25) is 0 Å². The van der Waals surface area contributed by atoms with Gasteiger partial charge >= 0.3 is 12.4 Å². The van der Waals surface area contributed by atoms with Crippen molar-refractivity contribution in [1.82, 2.24) is 0 Å². The van der Waals surface area contributed by atoms with Crippen molar-refractivity contribution in [3.63, 3.8) is 0 Å². The van der Waals surface area contributed by atoms with E-state index in [1.54, 1.807) is 24.3 Å². The Morgan fingerprint density at radius 3 is 2.29 bits per heavy atom. The van der Waals surface area contributed by atoms with Gasteiger partial charge in [-0.15, -0.1) is 0 Å². The van der Waals surface area contributed by atoms with Gasteiger partial charge in [0.15, 0.2) is 0 Å². The molecule has 2 nitrogen and oxygen atoms in total. The van der Waals surface area contributed by atoms with Crippen LogP contribution in [0.5, 0.6) is 0 Å². The van der Waals surface area contributed by atoms with E-state index in [0.717, 1.165) is 5.56 Å². The van der Waals surface area contributed by atoms with E-state index in [1.807, 2.05) is 0 Å². The van der Waals surface area contributed by atoms with E-state index in [0.29, 0.717) is 12.1 Å². The summed E-state index contributed by atoms with van der Waals surface area (Å²) >= 11 is 0. The van der Waals surface area contributed by atoms with Crippen LogP contribution in [0, 0.1) is 0 Å². The molecule has 1 aliphatic rings. The van der Waals surface area contributed by atoms with Crippen LogP contribution in [0.1, 0.15) is 12.0 Å². The normalized spacial score (nSPS) is 19.9. The van der Waals surface area contributed by atoms with Crippen molar-refractivity contribution in [2.75, 3.05) is 11.9 Å². The Morgan fingerprint density at radius 1 is 1.05 bits per heavy atom. The summed E-state index contributed by atoms with van der Waals surface area (Å²) in [5, 5.41) is 2.82. The average molecular weight is 313 g/mol. The fraction of sp³-hybridized carbons (Fsp3) is 0.538. The SMILES string of the molecule is FC(F)(F)C(OC1CCc2ccccc2NC1)C(F)(F)F. The second-order valence-corrected chi connectivity index (χ2v) is 4.80. The zero-order valence-electron chi connectivity index (χ0n) is 10.8. The highest BCUT2D eigenvalue weighted by Crippen LogP contribution is 2.37. The molecule has 0 bridgehead atoms. The van der Waals surface area contributed by atoms with Gasteiger partial charge < -0.3 is 10.1 Å². The lowest BCUT2D eigenvalue weighted by Crippen LogP contribution is -2.47. The smallest absolute Gasteiger partial charge is 0.382 e. The first-order chi connectivity index (χ1) is 9.68. The summed E-state index contributed by atoms with van der Waals surface area (Å²) in [6.07, 6.45) is -15.4. The fourth-order valence-electron chi connectivity index (χ4n) is 2.20. The Labute approximate surface area is 117 Å². The summed E-state index contributed by atoms with van der Waals surface area (Å²) < 4.78 is 79.1. The molecule has 1 unspecified atom stereocenters. The van der Waals surface area contributed by atoms with Crippen LogP contribution < -0.4 is 5.32 Å². The molecular weight excluding hydrogens is 300 g/mol. The lowest BCUT2D eigenvalue weighted by Gasteiger charge is -2.27. The predicted octanol–water partition coefficient (Wildman–Crippen LogP) is 3.92. The Balaban J connectivity index is 2.07. The minimum atomic E-state index is -5.47. The summed E-state index contributed by atoms with van der Waals surface area (Å²) in [5.41, 5.74) is 1.55. The van der Waals surface area contributed by atoms with Gasteiger partial charge in [-0.05, 0) is 24.5 Å². The molecule has 0 fully saturated rings. The third-order valence-corrected chi connectivity index (χ3v) is 3.20. The number of hydrogen-bond donors (Lipinski definition) is 1. The number of hydrogen-bond acceptors (Lipinski definition) is 2. The topological polar surface area (TPSA) is 21.3 Å². The zero-order chi connectivity index (χ0) is 15.7. The van der Waals surface area contributed by atoms with Gasteiger partial charge in [0, 0.05) is 12.2 Å². The van der Waals surface area contributed by atoms with Crippen molar-refractivity contribution < 1.29 is 31.1 Å². The first-order valence-electron chi connectivity index (χ1n) is 6.28. The lowest BCUT2D eigenvalue weighted by molar-refractivity contribution is -0.330. The molecule has 0 saturated carbocycles. The molecule has 0 radical (unpaired) electrons. The van der Waals surface area contributed by atoms with Gasteiger partial charge in [0.2, 0.25) is 6.10 Å². The van der Waals surface area contributed by atoms with E-state index in [9.17, 15) is 26.3 Å². The van der Waals surface area contributed by atoms with E-state index < -0.39 is 24.6 Å². The standard InChI is InChI=1S/C13H13F6NO/c14-12(15,16)11(13(17,18)19)21-9-6-5-8-3-1-2-4-10(8)20-7-9/h1-4,9,11,20H,5-7H2. The van der Waals surface area contributed by atoms with E-state index in [2.05, 4.69) is 10.1 Å². The molecule has 1 heterocycles. The number of fused-ring (bicyclic) bond motifs is 1. The van der Waals surface area contributed by atoms with E-state index in [-0.39, 0.29) is 13.0 Å². The average Bonchev–Trinajstić information content (AvgIpc) is 2.55. The summed E-state index contributed by atoms with van der Waals surface area (Å²) in [4.78, 5) is 0. The summed E-state index contributed by atoms with van der Waals surface area (Å²) in [6.45, 7) is -0.0975. The molecule has 1 aromatic rings. The largest absolute Gasteiger partial charge is 0.423 e. The number of anilines is 1. The molecule has 21 heavy (non-hydrogen) atoms. The molecule has 0 amide bonds. The molecule has 0 saturated heterocycles. The van der Waals surface area contributed by atoms with Crippen LogP contribution in [0.15, 0.2) is 24.3 Å². The van der Waals surface area contributed by atoms with E-state index in [1.165, 1.54) is 0 Å². The first kappa shape index (κ1) is 15.9. The number of aryl methyl sites for hydroxylation is 1. The highest BCUT2D eigenvalue weighted by Gasteiger charge is 2.58. The number of benzene rings is 1. The quantitative estimate of drug-likeness (QED) is 0.836. The molecule has 0 aromatic heterocycles. The number of alkyl halides is 6. The second-order valence-electron chi connectivity index (χ2n) is 4.80. The minimum absolute atomic E-state index is 0.0900. The zero-order valence-corrected chi connectivity index (χ0v) is 10.8. The molecule has 1 aromatic carbocycles. The van der Waals surface area contributed by atoms with Gasteiger partial charge in [0.25, 0.3) is 0 Å². The predicted molar refractivity (Wildman–Crippen MR) is 64.0 cm³/mol. The Morgan fingerprint density at radius 2 is 1.67 bits per heavy atom. The van der Waals surface area contributed by atoms with Crippen molar-refractivity contribution in [3.8, 4) is 0 Å². The number of rotatable bonds is 2. The van der Waals surface area contributed by atoms with Crippen molar-refractivity contribution in [1.29, 1.82) is 0 Å². The minimum Gasteiger partial charge on any atom is -0.382 e. The van der Waals surface area contributed by atoms with E-state index >= 15 is 0 Å². The van der Waals surface area contributed by atoms with Crippen molar-refractivity contribution in [3.05, 3.63) is 29.8 Å². The monoisotopic (exact) mass is 313 g/mol. The second kappa shape index (κ2) is 5.75. The first-order valence-corrected chi connectivity index (χ1v) is 6.28. The van der Waals surface area contributed by atoms with Crippen molar-refractivity contribution >= 4 is 5.69 Å². The molecule has 118 valence electrons. The van der Waals surface area contributed by atoms with Crippen molar-refractivity contribution in [2.45, 2.75) is 37.4 Å². The summed E-state index contributed by atoms with van der Waals surface area (Å²) in [5.74, 6) is 0. The van der Waals surface area contributed by atoms with Crippen LogP contribution in [-0.4, -0.2) is 31.1 Å². The van der Waals surface area contributed by atoms with Crippen LogP contribution in [0.25, 0.3) is 0 Å². The molecule has 1 aliphatic heterocycles.